The molecule has 6 aromatic rings. The Morgan fingerprint density at radius 1 is 0.537 bits per heavy atom. The van der Waals surface area contributed by atoms with Crippen LogP contribution in [-0.4, -0.2) is 34.7 Å². The zero-order chi connectivity index (χ0) is 38.2. The van der Waals surface area contributed by atoms with Crippen molar-refractivity contribution in [3.8, 4) is 22.3 Å². The van der Waals surface area contributed by atoms with Crippen molar-refractivity contribution in [3.63, 3.8) is 0 Å². The molecule has 4 aromatic carbocycles. The monoisotopic (exact) mass is 792 g/mol. The van der Waals surface area contributed by atoms with E-state index in [1.54, 1.807) is 0 Å². The average Bonchev–Trinajstić information content (AvgIpc) is 4.04. The minimum absolute atomic E-state index is 0.0940. The van der Waals surface area contributed by atoms with Crippen LogP contribution in [0, 0.1) is 13.8 Å². The molecule has 8 rings (SSSR count). The predicted octanol–water partition coefficient (Wildman–Crippen LogP) is 13.7. The van der Waals surface area contributed by atoms with Gasteiger partial charge in [-0.1, -0.05) is 122 Å². The molecule has 0 radical (unpaired) electrons. The Morgan fingerprint density at radius 2 is 0.889 bits per heavy atom. The van der Waals surface area contributed by atoms with Gasteiger partial charge in [0.15, 0.2) is 0 Å². The number of carbonyl (C=O) groups excluding carboxylic acids is 2. The Balaban J connectivity index is 0.000000176. The molecule has 0 bridgehead atoms. The zero-order valence-electron chi connectivity index (χ0n) is 31.2. The van der Waals surface area contributed by atoms with Crippen molar-refractivity contribution in [2.24, 2.45) is 0 Å². The highest BCUT2D eigenvalue weighted by Gasteiger charge is 2.34. The summed E-state index contributed by atoms with van der Waals surface area (Å²) in [5.41, 5.74) is 8.76. The van der Waals surface area contributed by atoms with Gasteiger partial charge in [-0.25, -0.2) is 0 Å². The first-order valence-electron chi connectivity index (χ1n) is 18.7. The van der Waals surface area contributed by atoms with Gasteiger partial charge in [0, 0.05) is 34.3 Å². The minimum Gasteiger partial charge on any atom is -0.331 e. The van der Waals surface area contributed by atoms with Crippen molar-refractivity contribution >= 4 is 57.7 Å². The second kappa shape index (κ2) is 18.4. The molecule has 8 heteroatoms. The fraction of sp³-hybridized carbons (Fsp3) is 0.261. The van der Waals surface area contributed by atoms with Crippen LogP contribution in [0.2, 0.25) is 10.0 Å². The summed E-state index contributed by atoms with van der Waals surface area (Å²) in [6.07, 6.45) is 4.02. The molecule has 2 aliphatic rings. The van der Waals surface area contributed by atoms with Crippen molar-refractivity contribution in [1.29, 1.82) is 0 Å². The first-order chi connectivity index (χ1) is 26.3. The highest BCUT2D eigenvalue weighted by atomic mass is 35.5. The van der Waals surface area contributed by atoms with Crippen LogP contribution < -0.4 is 0 Å². The van der Waals surface area contributed by atoms with E-state index in [0.29, 0.717) is 0 Å². The van der Waals surface area contributed by atoms with Gasteiger partial charge in [-0.15, -0.1) is 22.7 Å². The summed E-state index contributed by atoms with van der Waals surface area (Å²) in [7, 11) is 0. The molecule has 278 valence electrons. The largest absolute Gasteiger partial charge is 0.331 e. The van der Waals surface area contributed by atoms with E-state index in [1.165, 1.54) is 33.8 Å². The van der Waals surface area contributed by atoms with E-state index in [9.17, 15) is 9.59 Å². The average molecular weight is 794 g/mol. The molecule has 2 amide bonds. The molecule has 4 nitrogen and oxygen atoms in total. The summed E-state index contributed by atoms with van der Waals surface area (Å²) in [6.45, 7) is 9.62. The van der Waals surface area contributed by atoms with Crippen LogP contribution in [0.3, 0.4) is 0 Å². The van der Waals surface area contributed by atoms with E-state index in [2.05, 4.69) is 24.3 Å². The number of likely N-dealkylation sites (tertiary alicyclic amines) is 2. The summed E-state index contributed by atoms with van der Waals surface area (Å²) >= 11 is 16.0. The zero-order valence-corrected chi connectivity index (χ0v) is 34.4. The number of thiophene rings is 2. The van der Waals surface area contributed by atoms with Crippen molar-refractivity contribution in [2.75, 3.05) is 13.1 Å². The van der Waals surface area contributed by atoms with Crippen LogP contribution in [0.5, 0.6) is 0 Å². The summed E-state index contributed by atoms with van der Waals surface area (Å²) in [4.78, 5) is 32.1. The number of rotatable bonds is 6. The van der Waals surface area contributed by atoms with Gasteiger partial charge in [-0.3, -0.25) is 9.59 Å². The second-order valence-electron chi connectivity index (χ2n) is 13.3. The molecule has 54 heavy (non-hydrogen) atoms. The molecule has 2 fully saturated rings. The number of benzene rings is 4. The highest BCUT2D eigenvalue weighted by Crippen LogP contribution is 2.42. The lowest BCUT2D eigenvalue weighted by Crippen LogP contribution is -2.30. The van der Waals surface area contributed by atoms with E-state index in [1.807, 2.05) is 133 Å². The van der Waals surface area contributed by atoms with Gasteiger partial charge in [0.2, 0.25) is 0 Å². The quantitative estimate of drug-likeness (QED) is 0.169. The third-order valence-electron chi connectivity index (χ3n) is 10.1. The van der Waals surface area contributed by atoms with Crippen LogP contribution in [0.1, 0.15) is 93.2 Å². The topological polar surface area (TPSA) is 40.6 Å². The molecule has 0 unspecified atom stereocenters. The number of aryl methyl sites for hydroxylation is 2. The van der Waals surface area contributed by atoms with Crippen LogP contribution in [0.25, 0.3) is 22.3 Å². The Kier molecular flexibility index (Phi) is 13.5. The van der Waals surface area contributed by atoms with Crippen LogP contribution >= 0.6 is 45.9 Å². The number of hydrogen-bond acceptors (Lipinski definition) is 4. The maximum Gasteiger partial charge on any atom is 0.264 e. The van der Waals surface area contributed by atoms with Crippen LogP contribution in [0.4, 0.5) is 0 Å². The maximum absolute atomic E-state index is 13.1. The van der Waals surface area contributed by atoms with Crippen LogP contribution in [-0.2, 0) is 0 Å². The molecule has 2 atom stereocenters. The van der Waals surface area contributed by atoms with Gasteiger partial charge in [0.25, 0.3) is 11.8 Å². The fourth-order valence-electron chi connectivity index (χ4n) is 7.54. The molecule has 0 aliphatic carbocycles. The molecular formula is C46H46Cl2N2O2S2. The summed E-state index contributed by atoms with van der Waals surface area (Å²) in [6, 6.07) is 36.7. The van der Waals surface area contributed by atoms with E-state index in [-0.39, 0.29) is 23.9 Å². The molecule has 2 saturated heterocycles. The second-order valence-corrected chi connectivity index (χ2v) is 16.0. The lowest BCUT2D eigenvalue weighted by molar-refractivity contribution is 0.0732. The number of hydrogen-bond donors (Lipinski definition) is 0. The standard InChI is InChI=1S/2C22H20ClNOS.C2H6/c2*1-15-12-14-26-21(15)22(25)24-13-6-11-20(24)18-9-3-2-7-16(18)17-8-4-5-10-19(17)23;1-2/h2*2-5,7-10,12,14,20H,6,11,13H2,1H3;1-2H3/t2*20-;/m00./s1. The van der Waals surface area contributed by atoms with Gasteiger partial charge in [-0.05, 0) is 108 Å². The SMILES string of the molecule is CC.Cc1ccsc1C(=O)N1CCC[C@H]1c1ccccc1-c1ccccc1Cl.Cc1ccsc1C(=O)N1CCC[C@H]1c1ccccc1-c1ccccc1Cl. The van der Waals surface area contributed by atoms with E-state index in [4.69, 9.17) is 23.2 Å². The first kappa shape index (κ1) is 39.5. The summed E-state index contributed by atoms with van der Waals surface area (Å²) in [5.74, 6) is 0.294. The normalized spacial score (nSPS) is 16.3. The Bertz CT molecular complexity index is 2050. The third-order valence-corrected chi connectivity index (χ3v) is 12.8. The summed E-state index contributed by atoms with van der Waals surface area (Å²) < 4.78 is 0. The molecule has 2 aliphatic heterocycles. The Labute approximate surface area is 338 Å². The molecule has 0 N–H and O–H groups in total. The van der Waals surface area contributed by atoms with Crippen LogP contribution in [0.15, 0.2) is 120 Å². The highest BCUT2D eigenvalue weighted by molar-refractivity contribution is 7.12. The van der Waals surface area contributed by atoms with Crippen molar-refractivity contribution in [1.82, 2.24) is 9.80 Å². The van der Waals surface area contributed by atoms with E-state index < -0.39 is 0 Å². The Hall–Kier alpha value is -4.20. The lowest BCUT2D eigenvalue weighted by atomic mass is 9.93. The molecule has 0 saturated carbocycles. The van der Waals surface area contributed by atoms with Gasteiger partial charge in [0.05, 0.1) is 21.8 Å². The number of carbonyl (C=O) groups is 2. The number of nitrogens with zero attached hydrogens (tertiary/aromatic N) is 2. The fourth-order valence-corrected chi connectivity index (χ4v) is 9.77. The Morgan fingerprint density at radius 3 is 1.24 bits per heavy atom. The van der Waals surface area contributed by atoms with Crippen molar-refractivity contribution in [3.05, 3.63) is 162 Å². The third kappa shape index (κ3) is 8.38. The van der Waals surface area contributed by atoms with Gasteiger partial charge >= 0.3 is 0 Å². The van der Waals surface area contributed by atoms with Crippen molar-refractivity contribution < 1.29 is 9.59 Å². The molecule has 4 heterocycles. The molecule has 2 aromatic heterocycles. The first-order valence-corrected chi connectivity index (χ1v) is 21.2. The van der Waals surface area contributed by atoms with E-state index >= 15 is 0 Å². The number of halogens is 2. The van der Waals surface area contributed by atoms with Gasteiger partial charge in [-0.2, -0.15) is 0 Å². The number of amides is 2. The summed E-state index contributed by atoms with van der Waals surface area (Å²) in [5, 5.41) is 5.46. The smallest absolute Gasteiger partial charge is 0.264 e. The molecule has 0 spiro atoms. The molecular weight excluding hydrogens is 748 g/mol. The lowest BCUT2D eigenvalue weighted by Gasteiger charge is -2.27. The predicted molar refractivity (Wildman–Crippen MR) is 229 cm³/mol. The van der Waals surface area contributed by atoms with Gasteiger partial charge < -0.3 is 9.80 Å². The van der Waals surface area contributed by atoms with E-state index in [0.717, 1.165) is 92.0 Å². The van der Waals surface area contributed by atoms with Gasteiger partial charge in [0.1, 0.15) is 0 Å². The minimum atomic E-state index is 0.0940. The maximum atomic E-state index is 13.1. The van der Waals surface area contributed by atoms with Crippen molar-refractivity contribution in [2.45, 2.75) is 65.5 Å².